The number of likely N-dealkylation sites (tertiary alicyclic amines) is 1. The Balaban J connectivity index is 1.82. The smallest absolute Gasteiger partial charge is 0.0624 e. The highest BCUT2D eigenvalue weighted by atomic mass is 15.4. The van der Waals surface area contributed by atoms with Crippen LogP contribution in [0.5, 0.6) is 0 Å². The van der Waals surface area contributed by atoms with Crippen molar-refractivity contribution in [3.8, 4) is 0 Å². The van der Waals surface area contributed by atoms with Crippen LogP contribution in [0.25, 0.3) is 0 Å². The van der Waals surface area contributed by atoms with E-state index >= 15 is 0 Å². The molecule has 2 aliphatic heterocycles. The van der Waals surface area contributed by atoms with Crippen LogP contribution in [0.2, 0.25) is 0 Å². The van der Waals surface area contributed by atoms with Crippen molar-refractivity contribution in [2.24, 2.45) is 0 Å². The normalized spacial score (nSPS) is 28.9. The van der Waals surface area contributed by atoms with Crippen molar-refractivity contribution in [3.05, 3.63) is 6.92 Å². The molecule has 0 aromatic carbocycles. The van der Waals surface area contributed by atoms with Crippen LogP contribution >= 0.6 is 0 Å². The fraction of sp³-hybridized carbons (Fsp3) is 0.909. The lowest BCUT2D eigenvalue weighted by atomic mass is 10.1. The quantitative estimate of drug-likeness (QED) is 0.695. The predicted octanol–water partition coefficient (Wildman–Crippen LogP) is 0.538. The molecular formula is C11H22N3. The molecule has 1 unspecified atom stereocenters. The van der Waals surface area contributed by atoms with Crippen molar-refractivity contribution >= 4 is 0 Å². The van der Waals surface area contributed by atoms with E-state index in [1.165, 1.54) is 32.4 Å². The Morgan fingerprint density at radius 1 is 0.857 bits per heavy atom. The number of hydrogen-bond donors (Lipinski definition) is 1. The molecule has 2 aliphatic rings. The summed E-state index contributed by atoms with van der Waals surface area (Å²) in [6.45, 7) is 11.4. The SMILES string of the molecule is [CH2]C(N1CCCCC1)N1CCNCC1. The Bertz CT molecular complexity index is 142. The number of piperazine rings is 1. The summed E-state index contributed by atoms with van der Waals surface area (Å²) in [6.07, 6.45) is 4.54. The molecule has 1 N–H and O–H groups in total. The number of piperidine rings is 1. The summed E-state index contributed by atoms with van der Waals surface area (Å²) < 4.78 is 0. The van der Waals surface area contributed by atoms with E-state index in [0.717, 1.165) is 26.2 Å². The lowest BCUT2D eigenvalue weighted by Crippen LogP contribution is -2.54. The predicted molar refractivity (Wildman–Crippen MR) is 59.0 cm³/mol. The Morgan fingerprint density at radius 2 is 1.43 bits per heavy atom. The molecule has 1 atom stereocenters. The fourth-order valence-corrected chi connectivity index (χ4v) is 2.43. The minimum atomic E-state index is 0.414. The average Bonchev–Trinajstić information content (AvgIpc) is 2.30. The Hall–Kier alpha value is -0.120. The van der Waals surface area contributed by atoms with Gasteiger partial charge in [-0.15, -0.1) is 0 Å². The van der Waals surface area contributed by atoms with Crippen LogP contribution in [-0.2, 0) is 0 Å². The van der Waals surface area contributed by atoms with E-state index in [0.29, 0.717) is 6.17 Å². The second-order valence-corrected chi connectivity index (χ2v) is 4.36. The van der Waals surface area contributed by atoms with E-state index in [9.17, 15) is 0 Å². The minimum Gasteiger partial charge on any atom is -0.314 e. The Labute approximate surface area is 87.4 Å². The summed E-state index contributed by atoms with van der Waals surface area (Å²) in [7, 11) is 0. The topological polar surface area (TPSA) is 18.5 Å². The van der Waals surface area contributed by atoms with Gasteiger partial charge in [0.05, 0.1) is 6.17 Å². The molecule has 2 rings (SSSR count). The van der Waals surface area contributed by atoms with E-state index in [1.807, 2.05) is 0 Å². The van der Waals surface area contributed by atoms with Gasteiger partial charge in [-0.2, -0.15) is 0 Å². The van der Waals surface area contributed by atoms with Crippen molar-refractivity contribution in [2.75, 3.05) is 39.3 Å². The molecule has 0 bridgehead atoms. The van der Waals surface area contributed by atoms with Gasteiger partial charge in [-0.05, 0) is 32.9 Å². The summed E-state index contributed by atoms with van der Waals surface area (Å²) in [5.74, 6) is 0. The zero-order valence-electron chi connectivity index (χ0n) is 9.04. The lowest BCUT2D eigenvalue weighted by molar-refractivity contribution is 0.0502. The molecule has 0 amide bonds. The molecule has 3 heteroatoms. The molecule has 2 heterocycles. The molecule has 1 radical (unpaired) electrons. The van der Waals surface area contributed by atoms with Gasteiger partial charge in [0.25, 0.3) is 0 Å². The van der Waals surface area contributed by atoms with Crippen LogP contribution in [0.4, 0.5) is 0 Å². The third-order valence-electron chi connectivity index (χ3n) is 3.39. The van der Waals surface area contributed by atoms with Gasteiger partial charge in [0.2, 0.25) is 0 Å². The van der Waals surface area contributed by atoms with E-state index < -0.39 is 0 Å². The van der Waals surface area contributed by atoms with Gasteiger partial charge in [-0.3, -0.25) is 9.80 Å². The van der Waals surface area contributed by atoms with Gasteiger partial charge in [0.1, 0.15) is 0 Å². The molecule has 3 nitrogen and oxygen atoms in total. The van der Waals surface area contributed by atoms with Crippen molar-refractivity contribution in [1.82, 2.24) is 15.1 Å². The summed E-state index contributed by atoms with van der Waals surface area (Å²) in [4.78, 5) is 5.04. The van der Waals surface area contributed by atoms with Crippen molar-refractivity contribution in [2.45, 2.75) is 25.4 Å². The maximum Gasteiger partial charge on any atom is 0.0624 e. The molecule has 14 heavy (non-hydrogen) atoms. The molecule has 0 saturated carbocycles. The third-order valence-corrected chi connectivity index (χ3v) is 3.39. The van der Waals surface area contributed by atoms with Crippen LogP contribution < -0.4 is 5.32 Å². The maximum atomic E-state index is 4.31. The van der Waals surface area contributed by atoms with Crippen molar-refractivity contribution in [3.63, 3.8) is 0 Å². The van der Waals surface area contributed by atoms with Crippen LogP contribution in [0.3, 0.4) is 0 Å². The van der Waals surface area contributed by atoms with Gasteiger partial charge in [-0.25, -0.2) is 0 Å². The minimum absolute atomic E-state index is 0.414. The summed E-state index contributed by atoms with van der Waals surface area (Å²) in [6, 6.07) is 0. The van der Waals surface area contributed by atoms with Crippen molar-refractivity contribution in [1.29, 1.82) is 0 Å². The molecule has 0 aromatic rings. The third kappa shape index (κ3) is 2.47. The average molecular weight is 196 g/mol. The first kappa shape index (κ1) is 10.4. The largest absolute Gasteiger partial charge is 0.314 e. The number of nitrogens with zero attached hydrogens (tertiary/aromatic N) is 2. The second kappa shape index (κ2) is 5.10. The summed E-state index contributed by atoms with van der Waals surface area (Å²) in [5, 5.41) is 3.38. The second-order valence-electron chi connectivity index (χ2n) is 4.36. The highest BCUT2D eigenvalue weighted by molar-refractivity contribution is 4.80. The van der Waals surface area contributed by atoms with Gasteiger partial charge < -0.3 is 5.32 Å². The van der Waals surface area contributed by atoms with E-state index in [4.69, 9.17) is 0 Å². The molecule has 0 aromatic heterocycles. The van der Waals surface area contributed by atoms with Crippen molar-refractivity contribution < 1.29 is 0 Å². The molecule has 2 saturated heterocycles. The van der Waals surface area contributed by atoms with E-state index in [2.05, 4.69) is 22.0 Å². The molecule has 0 spiro atoms. The van der Waals surface area contributed by atoms with Crippen LogP contribution in [0.15, 0.2) is 0 Å². The summed E-state index contributed by atoms with van der Waals surface area (Å²) >= 11 is 0. The highest BCUT2D eigenvalue weighted by Gasteiger charge is 2.23. The molecule has 2 fully saturated rings. The van der Waals surface area contributed by atoms with Crippen LogP contribution in [0.1, 0.15) is 19.3 Å². The van der Waals surface area contributed by atoms with E-state index in [1.54, 1.807) is 0 Å². The highest BCUT2D eigenvalue weighted by Crippen LogP contribution is 2.14. The van der Waals surface area contributed by atoms with Crippen LogP contribution in [-0.4, -0.2) is 55.2 Å². The Morgan fingerprint density at radius 3 is 2.07 bits per heavy atom. The zero-order chi connectivity index (χ0) is 9.80. The standard InChI is InChI=1S/C11H22N3/c1-11(13-7-3-2-4-8-13)14-9-5-12-6-10-14/h11-12H,1-10H2. The molecule has 0 aliphatic carbocycles. The van der Waals surface area contributed by atoms with Crippen LogP contribution in [0, 0.1) is 6.92 Å². The lowest BCUT2D eigenvalue weighted by Gasteiger charge is -2.41. The number of hydrogen-bond acceptors (Lipinski definition) is 3. The van der Waals surface area contributed by atoms with Gasteiger partial charge in [-0.1, -0.05) is 6.42 Å². The number of nitrogens with one attached hydrogen (secondary N) is 1. The Kier molecular flexibility index (Phi) is 3.79. The molecular weight excluding hydrogens is 174 g/mol. The fourth-order valence-electron chi connectivity index (χ4n) is 2.43. The van der Waals surface area contributed by atoms with Gasteiger partial charge >= 0.3 is 0 Å². The maximum absolute atomic E-state index is 4.31. The number of rotatable bonds is 2. The first-order valence-electron chi connectivity index (χ1n) is 5.90. The summed E-state index contributed by atoms with van der Waals surface area (Å²) in [5.41, 5.74) is 0. The first-order chi connectivity index (χ1) is 6.88. The van der Waals surface area contributed by atoms with Gasteiger partial charge in [0, 0.05) is 26.2 Å². The van der Waals surface area contributed by atoms with Gasteiger partial charge in [0.15, 0.2) is 0 Å². The zero-order valence-corrected chi connectivity index (χ0v) is 9.04. The molecule has 81 valence electrons. The monoisotopic (exact) mass is 196 g/mol. The van der Waals surface area contributed by atoms with E-state index in [-0.39, 0.29) is 0 Å². The first-order valence-corrected chi connectivity index (χ1v) is 5.90.